The Morgan fingerprint density at radius 1 is 1.55 bits per heavy atom. The van der Waals surface area contributed by atoms with Gasteiger partial charge in [0.1, 0.15) is 0 Å². The first kappa shape index (κ1) is 15.1. The lowest BCUT2D eigenvalue weighted by Crippen LogP contribution is -2.39. The van der Waals surface area contributed by atoms with E-state index in [0.29, 0.717) is 0 Å². The number of piperidine rings is 1. The summed E-state index contributed by atoms with van der Waals surface area (Å²) in [7, 11) is 1.75. The molecule has 1 heterocycles. The number of carboxylic acid groups (broad SMARTS) is 1. The Labute approximate surface area is 127 Å². The number of ether oxygens (including phenoxy) is 1. The van der Waals surface area contributed by atoms with Gasteiger partial charge in [-0.25, -0.2) is 4.79 Å². The highest BCUT2D eigenvalue weighted by Crippen LogP contribution is 2.30. The lowest BCUT2D eigenvalue weighted by molar-refractivity contribution is -0.131. The van der Waals surface area contributed by atoms with Gasteiger partial charge in [-0.1, -0.05) is 6.07 Å². The van der Waals surface area contributed by atoms with Crippen molar-refractivity contribution in [3.05, 3.63) is 34.3 Å². The Bertz CT molecular complexity index is 516. The minimum atomic E-state index is -0.941. The molecule has 0 radical (unpaired) electrons. The molecule has 0 amide bonds. The second-order valence-corrected chi connectivity index (χ2v) is 5.68. The topological polar surface area (TPSA) is 49.8 Å². The average Bonchev–Trinajstić information content (AvgIpc) is 2.45. The first-order valence-electron chi connectivity index (χ1n) is 6.58. The van der Waals surface area contributed by atoms with Gasteiger partial charge < -0.3 is 14.7 Å². The van der Waals surface area contributed by atoms with Gasteiger partial charge in [0.05, 0.1) is 11.8 Å². The molecule has 1 aliphatic rings. The third kappa shape index (κ3) is 3.84. The SMILES string of the molecule is COC1CCCN(c2ccc(/C=C/C(=O)O)cc2Br)C1. The van der Waals surface area contributed by atoms with E-state index in [1.54, 1.807) is 13.2 Å². The molecule has 1 atom stereocenters. The number of methoxy groups -OCH3 is 1. The minimum absolute atomic E-state index is 0.280. The molecule has 5 heteroatoms. The number of anilines is 1. The van der Waals surface area contributed by atoms with Gasteiger partial charge in [-0.2, -0.15) is 0 Å². The summed E-state index contributed by atoms with van der Waals surface area (Å²) in [5.41, 5.74) is 1.99. The Kier molecular flexibility index (Phi) is 5.20. The molecule has 4 nitrogen and oxygen atoms in total. The summed E-state index contributed by atoms with van der Waals surface area (Å²) >= 11 is 3.57. The summed E-state index contributed by atoms with van der Waals surface area (Å²) in [6.07, 6.45) is 5.23. The van der Waals surface area contributed by atoms with Gasteiger partial charge in [0.15, 0.2) is 0 Å². The van der Waals surface area contributed by atoms with Crippen LogP contribution in [0, 0.1) is 0 Å². The van der Waals surface area contributed by atoms with Crippen molar-refractivity contribution < 1.29 is 14.6 Å². The summed E-state index contributed by atoms with van der Waals surface area (Å²) < 4.78 is 6.41. The van der Waals surface area contributed by atoms with E-state index >= 15 is 0 Å². The highest BCUT2D eigenvalue weighted by molar-refractivity contribution is 9.10. The van der Waals surface area contributed by atoms with E-state index in [1.807, 2.05) is 18.2 Å². The van der Waals surface area contributed by atoms with E-state index in [-0.39, 0.29) is 6.10 Å². The van der Waals surface area contributed by atoms with Gasteiger partial charge in [-0.05, 0) is 52.5 Å². The first-order chi connectivity index (χ1) is 9.60. The van der Waals surface area contributed by atoms with Gasteiger partial charge in [-0.15, -0.1) is 0 Å². The number of carbonyl (C=O) groups is 1. The van der Waals surface area contributed by atoms with Crippen LogP contribution < -0.4 is 4.90 Å². The number of aliphatic carboxylic acids is 1. The van der Waals surface area contributed by atoms with Crippen LogP contribution in [-0.2, 0) is 9.53 Å². The number of benzene rings is 1. The summed E-state index contributed by atoms with van der Waals surface area (Å²) in [5, 5.41) is 8.64. The molecular formula is C15H18BrNO3. The predicted octanol–water partition coefficient (Wildman–Crippen LogP) is 3.16. The van der Waals surface area contributed by atoms with Crippen LogP contribution in [0.25, 0.3) is 6.08 Å². The van der Waals surface area contributed by atoms with Crippen LogP contribution in [0.3, 0.4) is 0 Å². The molecule has 0 spiro atoms. The second kappa shape index (κ2) is 6.90. The lowest BCUT2D eigenvalue weighted by atomic mass is 10.1. The van der Waals surface area contributed by atoms with E-state index in [9.17, 15) is 4.79 Å². The fraction of sp³-hybridized carbons (Fsp3) is 0.400. The van der Waals surface area contributed by atoms with Crippen LogP contribution in [0.4, 0.5) is 5.69 Å². The van der Waals surface area contributed by atoms with E-state index in [2.05, 4.69) is 20.8 Å². The zero-order chi connectivity index (χ0) is 14.5. The van der Waals surface area contributed by atoms with Gasteiger partial charge in [0, 0.05) is 30.7 Å². The molecule has 1 unspecified atom stereocenters. The van der Waals surface area contributed by atoms with Crippen LogP contribution >= 0.6 is 15.9 Å². The maximum absolute atomic E-state index is 10.5. The van der Waals surface area contributed by atoms with E-state index in [0.717, 1.165) is 47.7 Å². The fourth-order valence-corrected chi connectivity index (χ4v) is 3.05. The molecule has 0 aliphatic carbocycles. The highest BCUT2D eigenvalue weighted by atomic mass is 79.9. The number of rotatable bonds is 4. The summed E-state index contributed by atoms with van der Waals surface area (Å²) in [4.78, 5) is 12.8. The molecule has 108 valence electrons. The Balaban J connectivity index is 2.15. The van der Waals surface area contributed by atoms with Crippen molar-refractivity contribution in [2.45, 2.75) is 18.9 Å². The molecule has 0 aromatic heterocycles. The number of hydrogen-bond acceptors (Lipinski definition) is 3. The third-order valence-electron chi connectivity index (χ3n) is 3.44. The lowest BCUT2D eigenvalue weighted by Gasteiger charge is -2.34. The largest absolute Gasteiger partial charge is 0.478 e. The zero-order valence-electron chi connectivity index (χ0n) is 11.4. The number of carboxylic acids is 1. The van der Waals surface area contributed by atoms with Crippen molar-refractivity contribution in [3.8, 4) is 0 Å². The maximum Gasteiger partial charge on any atom is 0.328 e. The Morgan fingerprint density at radius 2 is 2.35 bits per heavy atom. The molecule has 1 N–H and O–H groups in total. The van der Waals surface area contributed by atoms with E-state index in [1.165, 1.54) is 0 Å². The van der Waals surface area contributed by atoms with Gasteiger partial charge >= 0.3 is 5.97 Å². The fourth-order valence-electron chi connectivity index (χ4n) is 2.40. The van der Waals surface area contributed by atoms with Gasteiger partial charge in [0.25, 0.3) is 0 Å². The monoisotopic (exact) mass is 339 g/mol. The van der Waals surface area contributed by atoms with Crippen molar-refractivity contribution >= 4 is 33.7 Å². The smallest absolute Gasteiger partial charge is 0.328 e. The quantitative estimate of drug-likeness (QED) is 0.856. The molecule has 0 bridgehead atoms. The Hall–Kier alpha value is -1.33. The normalized spacial score (nSPS) is 19.5. The molecule has 2 rings (SSSR count). The predicted molar refractivity (Wildman–Crippen MR) is 83.1 cm³/mol. The summed E-state index contributed by atoms with van der Waals surface area (Å²) in [6, 6.07) is 5.88. The highest BCUT2D eigenvalue weighted by Gasteiger charge is 2.20. The van der Waals surface area contributed by atoms with Gasteiger partial charge in [0.2, 0.25) is 0 Å². The molecule has 1 aromatic carbocycles. The average molecular weight is 340 g/mol. The molecule has 1 fully saturated rings. The molecule has 1 saturated heterocycles. The van der Waals surface area contributed by atoms with Crippen molar-refractivity contribution in [2.75, 3.05) is 25.1 Å². The zero-order valence-corrected chi connectivity index (χ0v) is 13.0. The van der Waals surface area contributed by atoms with Crippen molar-refractivity contribution in [1.82, 2.24) is 0 Å². The summed E-state index contributed by atoms with van der Waals surface area (Å²) in [6.45, 7) is 1.90. The van der Waals surface area contributed by atoms with Crippen LogP contribution in [0.2, 0.25) is 0 Å². The van der Waals surface area contributed by atoms with Crippen LogP contribution in [-0.4, -0.2) is 37.4 Å². The number of hydrogen-bond donors (Lipinski definition) is 1. The molecule has 0 saturated carbocycles. The maximum atomic E-state index is 10.5. The summed E-state index contributed by atoms with van der Waals surface area (Å²) in [5.74, 6) is -0.941. The van der Waals surface area contributed by atoms with Crippen molar-refractivity contribution in [2.24, 2.45) is 0 Å². The van der Waals surface area contributed by atoms with Crippen LogP contribution in [0.1, 0.15) is 18.4 Å². The Morgan fingerprint density at radius 3 is 3.00 bits per heavy atom. The molecule has 20 heavy (non-hydrogen) atoms. The van der Waals surface area contributed by atoms with Crippen LogP contribution in [0.15, 0.2) is 28.7 Å². The van der Waals surface area contributed by atoms with Crippen molar-refractivity contribution in [3.63, 3.8) is 0 Å². The van der Waals surface area contributed by atoms with Crippen molar-refractivity contribution in [1.29, 1.82) is 0 Å². The first-order valence-corrected chi connectivity index (χ1v) is 7.37. The molecule has 1 aromatic rings. The second-order valence-electron chi connectivity index (χ2n) is 4.83. The number of halogens is 1. The van der Waals surface area contributed by atoms with Crippen LogP contribution in [0.5, 0.6) is 0 Å². The van der Waals surface area contributed by atoms with Gasteiger partial charge in [-0.3, -0.25) is 0 Å². The molecule has 1 aliphatic heterocycles. The van der Waals surface area contributed by atoms with E-state index < -0.39 is 5.97 Å². The molecular weight excluding hydrogens is 322 g/mol. The van der Waals surface area contributed by atoms with E-state index in [4.69, 9.17) is 9.84 Å². The third-order valence-corrected chi connectivity index (χ3v) is 4.08. The number of nitrogens with zero attached hydrogens (tertiary/aromatic N) is 1. The minimum Gasteiger partial charge on any atom is -0.478 e. The standard InChI is InChI=1S/C15H18BrNO3/c1-20-12-3-2-8-17(10-12)14-6-4-11(9-13(14)16)5-7-15(18)19/h4-7,9,12H,2-3,8,10H2,1H3,(H,18,19)/b7-5+.